The molecule has 1 rings (SSSR count). The summed E-state index contributed by atoms with van der Waals surface area (Å²) in [6.07, 6.45) is 0. The van der Waals surface area contributed by atoms with Crippen LogP contribution in [-0.2, 0) is 11.4 Å². The molecular formula is C9H13NO. The van der Waals surface area contributed by atoms with E-state index in [2.05, 4.69) is 5.48 Å². The fraction of sp³-hybridized carbons (Fsp3) is 0.333. The Kier molecular flexibility index (Phi) is 3.65. The maximum atomic E-state index is 5.12. The number of rotatable bonds is 4. The van der Waals surface area contributed by atoms with Crippen LogP contribution in [-0.4, -0.2) is 6.54 Å². The molecule has 2 heteroatoms. The van der Waals surface area contributed by atoms with Crippen LogP contribution in [0.2, 0.25) is 0 Å². The van der Waals surface area contributed by atoms with Gasteiger partial charge in [-0.2, -0.15) is 0 Å². The van der Waals surface area contributed by atoms with E-state index in [0.29, 0.717) is 6.61 Å². The van der Waals surface area contributed by atoms with E-state index >= 15 is 0 Å². The highest BCUT2D eigenvalue weighted by atomic mass is 16.6. The lowest BCUT2D eigenvalue weighted by molar-refractivity contribution is 0.0314. The van der Waals surface area contributed by atoms with Crippen molar-refractivity contribution in [1.29, 1.82) is 0 Å². The molecule has 0 aromatic heterocycles. The first-order valence-corrected chi connectivity index (χ1v) is 3.82. The number of hydrogen-bond acceptors (Lipinski definition) is 2. The third-order valence-electron chi connectivity index (χ3n) is 1.33. The molecule has 0 heterocycles. The van der Waals surface area contributed by atoms with Gasteiger partial charge in [-0.05, 0) is 5.56 Å². The summed E-state index contributed by atoms with van der Waals surface area (Å²) in [5.41, 5.74) is 3.99. The molecule has 0 unspecified atom stereocenters. The van der Waals surface area contributed by atoms with E-state index in [4.69, 9.17) is 4.84 Å². The minimum absolute atomic E-state index is 0.634. The number of benzene rings is 1. The second kappa shape index (κ2) is 4.88. The third kappa shape index (κ3) is 3.16. The normalized spacial score (nSPS) is 9.91. The van der Waals surface area contributed by atoms with Gasteiger partial charge in [-0.1, -0.05) is 37.3 Å². The fourth-order valence-corrected chi connectivity index (χ4v) is 0.811. The van der Waals surface area contributed by atoms with Crippen molar-refractivity contribution in [3.8, 4) is 0 Å². The van der Waals surface area contributed by atoms with E-state index < -0.39 is 0 Å². The van der Waals surface area contributed by atoms with Crippen LogP contribution in [0, 0.1) is 0 Å². The molecule has 0 aliphatic rings. The number of hydrogen-bond donors (Lipinski definition) is 1. The van der Waals surface area contributed by atoms with Gasteiger partial charge in [0.05, 0.1) is 6.61 Å². The van der Waals surface area contributed by atoms with Crippen molar-refractivity contribution in [3.05, 3.63) is 35.9 Å². The van der Waals surface area contributed by atoms with Gasteiger partial charge >= 0.3 is 0 Å². The van der Waals surface area contributed by atoms with Crippen molar-refractivity contribution >= 4 is 0 Å². The van der Waals surface area contributed by atoms with Crippen LogP contribution in [0.1, 0.15) is 12.5 Å². The summed E-state index contributed by atoms with van der Waals surface area (Å²) in [6.45, 7) is 3.48. The molecule has 1 aromatic rings. The maximum absolute atomic E-state index is 5.12. The SMILES string of the molecule is CCNOCc1ccccc1. The molecule has 0 saturated heterocycles. The summed E-state index contributed by atoms with van der Waals surface area (Å²) in [4.78, 5) is 5.12. The van der Waals surface area contributed by atoms with E-state index in [1.807, 2.05) is 37.3 Å². The average molecular weight is 151 g/mol. The van der Waals surface area contributed by atoms with E-state index in [0.717, 1.165) is 6.54 Å². The van der Waals surface area contributed by atoms with Crippen LogP contribution in [0.3, 0.4) is 0 Å². The molecule has 0 saturated carbocycles. The van der Waals surface area contributed by atoms with Gasteiger partial charge in [0.15, 0.2) is 0 Å². The zero-order valence-electron chi connectivity index (χ0n) is 6.71. The van der Waals surface area contributed by atoms with E-state index in [1.165, 1.54) is 5.56 Å². The molecule has 0 aliphatic carbocycles. The molecule has 0 atom stereocenters. The first-order chi connectivity index (χ1) is 5.43. The second-order valence-corrected chi connectivity index (χ2v) is 2.27. The topological polar surface area (TPSA) is 21.3 Å². The van der Waals surface area contributed by atoms with Crippen molar-refractivity contribution in [2.24, 2.45) is 0 Å². The Labute approximate surface area is 67.1 Å². The van der Waals surface area contributed by atoms with Gasteiger partial charge in [-0.25, -0.2) is 5.48 Å². The van der Waals surface area contributed by atoms with Crippen LogP contribution in [0.25, 0.3) is 0 Å². The molecule has 11 heavy (non-hydrogen) atoms. The molecule has 1 N–H and O–H groups in total. The Morgan fingerprint density at radius 2 is 2.00 bits per heavy atom. The molecular weight excluding hydrogens is 138 g/mol. The maximum Gasteiger partial charge on any atom is 0.0932 e. The van der Waals surface area contributed by atoms with E-state index in [9.17, 15) is 0 Å². The number of hydroxylamine groups is 1. The van der Waals surface area contributed by atoms with Crippen LogP contribution >= 0.6 is 0 Å². The molecule has 0 amide bonds. The van der Waals surface area contributed by atoms with Gasteiger partial charge in [0.1, 0.15) is 0 Å². The van der Waals surface area contributed by atoms with Crippen LogP contribution in [0.15, 0.2) is 30.3 Å². The summed E-state index contributed by atoms with van der Waals surface area (Å²) in [6, 6.07) is 10.1. The minimum atomic E-state index is 0.634. The van der Waals surface area contributed by atoms with Crippen LogP contribution < -0.4 is 5.48 Å². The van der Waals surface area contributed by atoms with Gasteiger partial charge in [0, 0.05) is 6.54 Å². The highest BCUT2D eigenvalue weighted by Gasteiger charge is 1.88. The first kappa shape index (κ1) is 8.24. The zero-order chi connectivity index (χ0) is 7.94. The molecule has 0 radical (unpaired) electrons. The van der Waals surface area contributed by atoms with Gasteiger partial charge < -0.3 is 0 Å². The lowest BCUT2D eigenvalue weighted by Gasteiger charge is -2.01. The predicted octanol–water partition coefficient (Wildman–Crippen LogP) is 1.73. The van der Waals surface area contributed by atoms with Crippen molar-refractivity contribution in [1.82, 2.24) is 5.48 Å². The summed E-state index contributed by atoms with van der Waals surface area (Å²) in [7, 11) is 0. The molecule has 1 aromatic carbocycles. The lowest BCUT2D eigenvalue weighted by Crippen LogP contribution is -2.12. The predicted molar refractivity (Wildman–Crippen MR) is 44.9 cm³/mol. The molecule has 0 spiro atoms. The van der Waals surface area contributed by atoms with E-state index in [1.54, 1.807) is 0 Å². The Morgan fingerprint density at radius 1 is 1.27 bits per heavy atom. The minimum Gasteiger partial charge on any atom is -0.297 e. The zero-order valence-corrected chi connectivity index (χ0v) is 6.71. The Morgan fingerprint density at radius 3 is 2.64 bits per heavy atom. The Hall–Kier alpha value is -0.860. The molecule has 0 aliphatic heterocycles. The smallest absolute Gasteiger partial charge is 0.0932 e. The largest absolute Gasteiger partial charge is 0.297 e. The third-order valence-corrected chi connectivity index (χ3v) is 1.33. The number of nitrogens with one attached hydrogen (secondary N) is 1. The van der Waals surface area contributed by atoms with E-state index in [-0.39, 0.29) is 0 Å². The van der Waals surface area contributed by atoms with Gasteiger partial charge in [0.2, 0.25) is 0 Å². The summed E-state index contributed by atoms with van der Waals surface area (Å²) in [5, 5.41) is 0. The average Bonchev–Trinajstić information content (AvgIpc) is 2.07. The van der Waals surface area contributed by atoms with Crippen molar-refractivity contribution in [2.75, 3.05) is 6.54 Å². The highest BCUT2D eigenvalue weighted by molar-refractivity contribution is 5.13. The molecule has 0 bridgehead atoms. The standard InChI is InChI=1S/C9H13NO/c1-2-10-11-8-9-6-4-3-5-7-9/h3-7,10H,2,8H2,1H3. The molecule has 0 fully saturated rings. The lowest BCUT2D eigenvalue weighted by atomic mass is 10.2. The van der Waals surface area contributed by atoms with Crippen molar-refractivity contribution < 1.29 is 4.84 Å². The monoisotopic (exact) mass is 151 g/mol. The molecule has 2 nitrogen and oxygen atoms in total. The van der Waals surface area contributed by atoms with Gasteiger partial charge in [-0.3, -0.25) is 4.84 Å². The Balaban J connectivity index is 2.28. The fourth-order valence-electron chi connectivity index (χ4n) is 0.811. The van der Waals surface area contributed by atoms with Crippen molar-refractivity contribution in [3.63, 3.8) is 0 Å². The van der Waals surface area contributed by atoms with Crippen molar-refractivity contribution in [2.45, 2.75) is 13.5 Å². The summed E-state index contributed by atoms with van der Waals surface area (Å²) < 4.78 is 0. The van der Waals surface area contributed by atoms with Crippen LogP contribution in [0.4, 0.5) is 0 Å². The molecule has 60 valence electrons. The Bertz CT molecular complexity index is 186. The summed E-state index contributed by atoms with van der Waals surface area (Å²) >= 11 is 0. The summed E-state index contributed by atoms with van der Waals surface area (Å²) in [5.74, 6) is 0. The van der Waals surface area contributed by atoms with Gasteiger partial charge in [0.25, 0.3) is 0 Å². The first-order valence-electron chi connectivity index (χ1n) is 3.82. The van der Waals surface area contributed by atoms with Crippen LogP contribution in [0.5, 0.6) is 0 Å². The second-order valence-electron chi connectivity index (χ2n) is 2.27. The highest BCUT2D eigenvalue weighted by Crippen LogP contribution is 1.98. The quantitative estimate of drug-likeness (QED) is 0.522. The van der Waals surface area contributed by atoms with Gasteiger partial charge in [-0.15, -0.1) is 0 Å².